The number of amidine groups is 1. The summed E-state index contributed by atoms with van der Waals surface area (Å²) in [6, 6.07) is 0. The van der Waals surface area contributed by atoms with Gasteiger partial charge in [-0.2, -0.15) is 0 Å². The molecule has 0 saturated heterocycles. The topological polar surface area (TPSA) is 41.6 Å². The summed E-state index contributed by atoms with van der Waals surface area (Å²) in [4.78, 5) is 6.97. The number of hydrogen-bond donors (Lipinski definition) is 1. The molecule has 1 aliphatic heterocycles. The highest BCUT2D eigenvalue weighted by atomic mass is 15.2. The van der Waals surface area contributed by atoms with Crippen molar-refractivity contribution in [3.63, 3.8) is 0 Å². The third-order valence-electron chi connectivity index (χ3n) is 5.09. The molecule has 0 fully saturated rings. The molecule has 25 heavy (non-hydrogen) atoms. The van der Waals surface area contributed by atoms with Gasteiger partial charge in [-0.3, -0.25) is 4.99 Å². The molecule has 0 aromatic heterocycles. The van der Waals surface area contributed by atoms with E-state index >= 15 is 0 Å². The zero-order valence-corrected chi connectivity index (χ0v) is 16.9. The Balaban J connectivity index is 1.83. The number of nitrogens with zero attached hydrogens (tertiary/aromatic N) is 2. The molecule has 0 aromatic rings. The van der Waals surface area contributed by atoms with E-state index < -0.39 is 0 Å². The summed E-state index contributed by atoms with van der Waals surface area (Å²) in [6.45, 7) is 6.03. The van der Waals surface area contributed by atoms with Crippen molar-refractivity contribution in [1.82, 2.24) is 4.90 Å². The van der Waals surface area contributed by atoms with Gasteiger partial charge in [0.25, 0.3) is 0 Å². The van der Waals surface area contributed by atoms with E-state index in [0.29, 0.717) is 0 Å². The first-order chi connectivity index (χ1) is 12.4. The van der Waals surface area contributed by atoms with Crippen molar-refractivity contribution in [1.29, 1.82) is 0 Å². The summed E-state index contributed by atoms with van der Waals surface area (Å²) in [5, 5.41) is 0. The van der Waals surface area contributed by atoms with Crippen LogP contribution in [0.3, 0.4) is 0 Å². The second kappa shape index (κ2) is 16.6. The smallest absolute Gasteiger partial charge is 0.0990 e. The quantitative estimate of drug-likeness (QED) is 0.270. The van der Waals surface area contributed by atoms with Crippen LogP contribution in [0.5, 0.6) is 0 Å². The van der Waals surface area contributed by atoms with Gasteiger partial charge in [-0.25, -0.2) is 0 Å². The number of allylic oxidation sites excluding steroid dienone is 2. The second-order valence-corrected chi connectivity index (χ2v) is 7.41. The van der Waals surface area contributed by atoms with Crippen LogP contribution in [0.2, 0.25) is 0 Å². The highest BCUT2D eigenvalue weighted by molar-refractivity contribution is 5.83. The number of unbranched alkanes of at least 4 members (excludes halogenated alkanes) is 11. The first kappa shape index (κ1) is 22.2. The van der Waals surface area contributed by atoms with Crippen LogP contribution >= 0.6 is 0 Å². The van der Waals surface area contributed by atoms with Crippen molar-refractivity contribution in [2.24, 2.45) is 10.7 Å². The fourth-order valence-electron chi connectivity index (χ4n) is 3.52. The maximum atomic E-state index is 5.65. The molecule has 0 unspecified atom stereocenters. The van der Waals surface area contributed by atoms with Gasteiger partial charge in [-0.05, 0) is 32.1 Å². The van der Waals surface area contributed by atoms with Crippen LogP contribution in [-0.2, 0) is 0 Å². The van der Waals surface area contributed by atoms with E-state index in [4.69, 9.17) is 5.73 Å². The number of rotatable bonds is 17. The molecule has 0 atom stereocenters. The van der Waals surface area contributed by atoms with Crippen LogP contribution in [0.15, 0.2) is 17.1 Å². The second-order valence-electron chi connectivity index (χ2n) is 7.41. The lowest BCUT2D eigenvalue weighted by Gasteiger charge is -2.19. The summed E-state index contributed by atoms with van der Waals surface area (Å²) >= 11 is 0. The van der Waals surface area contributed by atoms with E-state index in [9.17, 15) is 0 Å². The first-order valence-corrected chi connectivity index (χ1v) is 11.0. The number of hydrogen-bond acceptors (Lipinski definition) is 3. The van der Waals surface area contributed by atoms with Crippen LogP contribution < -0.4 is 5.73 Å². The molecule has 0 aromatic carbocycles. The van der Waals surface area contributed by atoms with Crippen LogP contribution in [0.25, 0.3) is 0 Å². The van der Waals surface area contributed by atoms with Crippen molar-refractivity contribution in [2.75, 3.05) is 26.2 Å². The third-order valence-corrected chi connectivity index (χ3v) is 5.09. The lowest BCUT2D eigenvalue weighted by molar-refractivity contribution is 0.457. The van der Waals surface area contributed by atoms with Gasteiger partial charge >= 0.3 is 0 Å². The first-order valence-electron chi connectivity index (χ1n) is 11.0. The number of nitrogens with two attached hydrogens (primary N) is 1. The lowest BCUT2D eigenvalue weighted by atomic mass is 10.1. The van der Waals surface area contributed by atoms with Crippen molar-refractivity contribution >= 4 is 5.84 Å². The fraction of sp³-hybridized carbons (Fsp3) is 0.864. The van der Waals surface area contributed by atoms with E-state index in [2.05, 4.69) is 29.0 Å². The molecule has 3 nitrogen and oxygen atoms in total. The highest BCUT2D eigenvalue weighted by Gasteiger charge is 2.14. The SMILES string of the molecule is CCCCCCCCCCC/C=C/CCCCC1=NCCN1CCN. The van der Waals surface area contributed by atoms with E-state index in [1.54, 1.807) is 0 Å². The third kappa shape index (κ3) is 12.2. The predicted octanol–water partition coefficient (Wildman–Crippen LogP) is 5.70. The molecular weight excluding hydrogens is 306 g/mol. The molecule has 1 aliphatic rings. The van der Waals surface area contributed by atoms with E-state index in [0.717, 1.165) is 32.6 Å². The molecule has 0 bridgehead atoms. The maximum Gasteiger partial charge on any atom is 0.0990 e. The summed E-state index contributed by atoms with van der Waals surface area (Å²) < 4.78 is 0. The largest absolute Gasteiger partial charge is 0.357 e. The Bertz CT molecular complexity index is 349. The predicted molar refractivity (Wildman–Crippen MR) is 112 cm³/mol. The molecule has 2 N–H and O–H groups in total. The Morgan fingerprint density at radius 1 is 0.880 bits per heavy atom. The standard InChI is InChI=1S/C22H43N3/c1-2-3-4-5-6-7-8-9-10-11-12-13-14-15-16-17-22-24-19-21-25(22)20-18-23/h12-13H,2-11,14-21,23H2,1H3/b13-12+. The minimum absolute atomic E-state index is 0.737. The highest BCUT2D eigenvalue weighted by Crippen LogP contribution is 2.12. The van der Waals surface area contributed by atoms with Gasteiger partial charge in [0.2, 0.25) is 0 Å². The van der Waals surface area contributed by atoms with Crippen molar-refractivity contribution in [3.05, 3.63) is 12.2 Å². The van der Waals surface area contributed by atoms with Gasteiger partial charge in [0.05, 0.1) is 12.4 Å². The molecule has 0 aliphatic carbocycles. The van der Waals surface area contributed by atoms with Crippen molar-refractivity contribution < 1.29 is 0 Å². The molecule has 146 valence electrons. The molecule has 0 saturated carbocycles. The van der Waals surface area contributed by atoms with Gasteiger partial charge in [-0.1, -0.05) is 70.4 Å². The van der Waals surface area contributed by atoms with Crippen LogP contribution in [-0.4, -0.2) is 36.9 Å². The van der Waals surface area contributed by atoms with Gasteiger partial charge in [0.1, 0.15) is 0 Å². The van der Waals surface area contributed by atoms with Crippen LogP contribution in [0.4, 0.5) is 0 Å². The van der Waals surface area contributed by atoms with E-state index in [1.165, 1.54) is 89.3 Å². The zero-order chi connectivity index (χ0) is 18.0. The summed E-state index contributed by atoms with van der Waals surface area (Å²) in [5.74, 6) is 1.30. The Hall–Kier alpha value is -0.830. The Morgan fingerprint density at radius 3 is 2.12 bits per heavy atom. The Morgan fingerprint density at radius 2 is 1.48 bits per heavy atom. The van der Waals surface area contributed by atoms with Gasteiger partial charge in [-0.15, -0.1) is 0 Å². The average Bonchev–Trinajstić information content (AvgIpc) is 3.06. The Labute approximate surface area is 157 Å². The van der Waals surface area contributed by atoms with Crippen LogP contribution in [0, 0.1) is 0 Å². The molecule has 0 amide bonds. The molecule has 1 rings (SSSR count). The fourth-order valence-corrected chi connectivity index (χ4v) is 3.52. The Kier molecular flexibility index (Phi) is 14.8. The van der Waals surface area contributed by atoms with Crippen LogP contribution in [0.1, 0.15) is 96.8 Å². The summed E-state index contributed by atoms with van der Waals surface area (Å²) in [5.41, 5.74) is 5.65. The minimum atomic E-state index is 0.737. The van der Waals surface area contributed by atoms with Crippen molar-refractivity contribution in [2.45, 2.75) is 96.8 Å². The van der Waals surface area contributed by atoms with E-state index in [-0.39, 0.29) is 0 Å². The zero-order valence-electron chi connectivity index (χ0n) is 16.9. The van der Waals surface area contributed by atoms with Gasteiger partial charge in [0, 0.05) is 26.1 Å². The molecule has 0 spiro atoms. The molecule has 3 heteroatoms. The monoisotopic (exact) mass is 349 g/mol. The molecule has 1 heterocycles. The van der Waals surface area contributed by atoms with Crippen molar-refractivity contribution in [3.8, 4) is 0 Å². The van der Waals surface area contributed by atoms with Gasteiger partial charge < -0.3 is 10.6 Å². The lowest BCUT2D eigenvalue weighted by Crippen LogP contribution is -2.32. The average molecular weight is 350 g/mol. The summed E-state index contributed by atoms with van der Waals surface area (Å²) in [7, 11) is 0. The summed E-state index contributed by atoms with van der Waals surface area (Å²) in [6.07, 6.45) is 23.7. The van der Waals surface area contributed by atoms with E-state index in [1.807, 2.05) is 0 Å². The normalized spacial score (nSPS) is 14.6. The maximum absolute atomic E-state index is 5.65. The number of aliphatic imine (C=N–C) groups is 1. The molecule has 0 radical (unpaired) electrons. The minimum Gasteiger partial charge on any atom is -0.357 e. The molecular formula is C22H43N3. The van der Waals surface area contributed by atoms with Gasteiger partial charge in [0.15, 0.2) is 0 Å².